The summed E-state index contributed by atoms with van der Waals surface area (Å²) >= 11 is 0. The van der Waals surface area contributed by atoms with E-state index in [4.69, 9.17) is 23.4 Å². The van der Waals surface area contributed by atoms with E-state index in [9.17, 15) is 61.0 Å². The van der Waals surface area contributed by atoms with E-state index in [-0.39, 0.29) is 11.3 Å². The van der Waals surface area contributed by atoms with Gasteiger partial charge in [0.1, 0.15) is 65.7 Å². The highest BCUT2D eigenvalue weighted by atomic mass is 16.7. The van der Waals surface area contributed by atoms with Crippen LogP contribution in [0.4, 0.5) is 0 Å². The molecular formula is C27H30O17. The Kier molecular flexibility index (Phi) is 8.87. The normalized spacial score (nSPS) is 32.5. The number of hydrogen-bond donors (Lipinski definition) is 11. The second kappa shape index (κ2) is 12.3. The molecule has 4 unspecified atom stereocenters. The molecular weight excluding hydrogens is 596 g/mol. The second-order valence-electron chi connectivity index (χ2n) is 10.3. The van der Waals surface area contributed by atoms with Crippen LogP contribution in [-0.4, -0.2) is 131 Å². The topological polar surface area (TPSA) is 290 Å². The first-order chi connectivity index (χ1) is 20.8. The lowest BCUT2D eigenvalue weighted by Gasteiger charge is -2.42. The van der Waals surface area contributed by atoms with Gasteiger partial charge < -0.3 is 79.5 Å². The van der Waals surface area contributed by atoms with E-state index in [1.165, 1.54) is 6.07 Å². The number of fused-ring (bicyclic) bond motifs is 1. The number of aliphatic hydroxyl groups is 7. The Morgan fingerprint density at radius 3 is 1.98 bits per heavy atom. The second-order valence-corrected chi connectivity index (χ2v) is 10.3. The van der Waals surface area contributed by atoms with Crippen LogP contribution >= 0.6 is 0 Å². The number of phenols is 4. The van der Waals surface area contributed by atoms with Crippen LogP contribution in [0.2, 0.25) is 0 Å². The highest BCUT2D eigenvalue weighted by Crippen LogP contribution is 2.42. The smallest absolute Gasteiger partial charge is 0.229 e. The van der Waals surface area contributed by atoms with E-state index in [1.54, 1.807) is 0 Å². The van der Waals surface area contributed by atoms with Gasteiger partial charge in [-0.05, 0) is 18.2 Å². The van der Waals surface area contributed by atoms with Crippen molar-refractivity contribution in [2.75, 3.05) is 13.2 Å². The molecule has 3 heterocycles. The van der Waals surface area contributed by atoms with E-state index < -0.39 is 120 Å². The van der Waals surface area contributed by atoms with E-state index in [2.05, 4.69) is 0 Å². The Morgan fingerprint density at radius 2 is 1.32 bits per heavy atom. The van der Waals surface area contributed by atoms with Crippen molar-refractivity contribution >= 4 is 11.0 Å². The lowest BCUT2D eigenvalue weighted by atomic mass is 9.98. The summed E-state index contributed by atoms with van der Waals surface area (Å²) < 4.78 is 27.5. The maximum absolute atomic E-state index is 12.9. The molecule has 3 aromatic rings. The predicted octanol–water partition coefficient (Wildman–Crippen LogP) is -2.71. The summed E-state index contributed by atoms with van der Waals surface area (Å²) in [5.74, 6) is -3.33. The van der Waals surface area contributed by atoms with Crippen molar-refractivity contribution in [1.82, 2.24) is 0 Å². The van der Waals surface area contributed by atoms with E-state index in [1.807, 2.05) is 0 Å². The van der Waals surface area contributed by atoms with Crippen LogP contribution in [0.25, 0.3) is 22.3 Å². The molecule has 2 fully saturated rings. The zero-order valence-electron chi connectivity index (χ0n) is 22.4. The molecule has 1 aromatic heterocycles. The standard InChI is InChI=1S/C27H30O17/c28-6-15-18(34)20(36)22(38)26(42-15)40-7-16-19(35)21(37)23(39)27(43-16)44-24-13(33)4-11(31)17-12(32)5-14(41-25(17)24)8-1-2-9(29)10(30)3-8/h1-5,15-16,18-23,26-31,33-39H,6-7H2/t15?,16-,18+,19+,20-,21?,22?,23?,26+,27-/m0/s1. The first-order valence-electron chi connectivity index (χ1n) is 13.2. The molecule has 0 radical (unpaired) electrons. The number of ether oxygens (including phenoxy) is 4. The fourth-order valence-electron chi connectivity index (χ4n) is 4.87. The molecule has 0 bridgehead atoms. The molecule has 0 aliphatic carbocycles. The summed E-state index contributed by atoms with van der Waals surface area (Å²) in [5.41, 5.74) is -1.25. The molecule has 10 atom stereocenters. The third-order valence-corrected chi connectivity index (χ3v) is 7.35. The summed E-state index contributed by atoms with van der Waals surface area (Å²) in [6.07, 6.45) is -17.3. The maximum atomic E-state index is 12.9. The van der Waals surface area contributed by atoms with Crippen LogP contribution < -0.4 is 10.2 Å². The van der Waals surface area contributed by atoms with Crippen LogP contribution in [0, 0.1) is 0 Å². The summed E-state index contributed by atoms with van der Waals surface area (Å²) in [4.78, 5) is 12.9. The van der Waals surface area contributed by atoms with Gasteiger partial charge in [0.2, 0.25) is 12.0 Å². The van der Waals surface area contributed by atoms with Crippen molar-refractivity contribution in [3.63, 3.8) is 0 Å². The van der Waals surface area contributed by atoms with Gasteiger partial charge in [0.15, 0.2) is 34.6 Å². The van der Waals surface area contributed by atoms with Crippen LogP contribution in [-0.2, 0) is 14.2 Å². The molecule has 44 heavy (non-hydrogen) atoms. The first kappa shape index (κ1) is 31.7. The first-order valence-corrected chi connectivity index (χ1v) is 13.2. The van der Waals surface area contributed by atoms with E-state index >= 15 is 0 Å². The molecule has 5 rings (SSSR count). The molecule has 0 spiro atoms. The Balaban J connectivity index is 1.43. The van der Waals surface area contributed by atoms with Gasteiger partial charge in [0.05, 0.1) is 13.2 Å². The number of benzene rings is 2. The number of hydrogen-bond acceptors (Lipinski definition) is 17. The third kappa shape index (κ3) is 5.73. The fraction of sp³-hybridized carbons (Fsp3) is 0.444. The average Bonchev–Trinajstić information content (AvgIpc) is 2.99. The van der Waals surface area contributed by atoms with Crippen molar-refractivity contribution < 1.29 is 79.5 Å². The zero-order valence-corrected chi connectivity index (χ0v) is 22.4. The molecule has 240 valence electrons. The Bertz CT molecular complexity index is 1560. The minimum absolute atomic E-state index is 0.103. The molecule has 11 N–H and O–H groups in total. The molecule has 0 saturated carbocycles. The number of rotatable bonds is 7. The van der Waals surface area contributed by atoms with Gasteiger partial charge in [0.25, 0.3) is 0 Å². The van der Waals surface area contributed by atoms with Crippen LogP contribution in [0.1, 0.15) is 0 Å². The number of phenolic OH excluding ortho intramolecular Hbond substituents is 4. The quantitative estimate of drug-likeness (QED) is 0.119. The van der Waals surface area contributed by atoms with Gasteiger partial charge in [-0.1, -0.05) is 0 Å². The van der Waals surface area contributed by atoms with Crippen LogP contribution in [0.15, 0.2) is 39.5 Å². The van der Waals surface area contributed by atoms with Crippen molar-refractivity contribution in [3.8, 4) is 40.1 Å². The Hall–Kier alpha value is -3.75. The molecule has 2 aromatic carbocycles. The Morgan fingerprint density at radius 1 is 0.682 bits per heavy atom. The average molecular weight is 627 g/mol. The van der Waals surface area contributed by atoms with Crippen LogP contribution in [0.3, 0.4) is 0 Å². The number of aliphatic hydroxyl groups excluding tert-OH is 7. The van der Waals surface area contributed by atoms with E-state index in [0.29, 0.717) is 0 Å². The minimum atomic E-state index is -1.97. The lowest BCUT2D eigenvalue weighted by molar-refractivity contribution is -0.323. The predicted molar refractivity (Wildman–Crippen MR) is 142 cm³/mol. The molecule has 17 heteroatoms. The molecule has 17 nitrogen and oxygen atoms in total. The highest BCUT2D eigenvalue weighted by molar-refractivity contribution is 5.91. The van der Waals surface area contributed by atoms with Crippen molar-refractivity contribution in [2.45, 2.75) is 61.4 Å². The Labute approximate surface area is 246 Å². The van der Waals surface area contributed by atoms with Gasteiger partial charge in [-0.3, -0.25) is 4.79 Å². The van der Waals surface area contributed by atoms with Crippen molar-refractivity contribution in [2.24, 2.45) is 0 Å². The number of aromatic hydroxyl groups is 4. The minimum Gasteiger partial charge on any atom is -0.507 e. The monoisotopic (exact) mass is 626 g/mol. The summed E-state index contributed by atoms with van der Waals surface area (Å²) in [6, 6.07) is 5.22. The summed E-state index contributed by atoms with van der Waals surface area (Å²) in [6.45, 7) is -1.40. The molecule has 0 amide bonds. The van der Waals surface area contributed by atoms with Gasteiger partial charge in [-0.15, -0.1) is 0 Å². The van der Waals surface area contributed by atoms with Gasteiger partial charge in [0, 0.05) is 17.7 Å². The SMILES string of the molecule is O=c1cc(-c2ccc(O)c(O)c2)oc2c(O[C@@H]3O[C@@H](CO[C@@H]4OC(CO)[C@@H](O)[C@H](O)C4O)[C@@H](O)C(O)C3O)c(O)cc(O)c12. The summed E-state index contributed by atoms with van der Waals surface area (Å²) in [5, 5.41) is 111. The molecule has 2 aliphatic rings. The van der Waals surface area contributed by atoms with Crippen LogP contribution in [0.5, 0.6) is 28.7 Å². The van der Waals surface area contributed by atoms with Gasteiger partial charge in [-0.2, -0.15) is 0 Å². The van der Waals surface area contributed by atoms with Gasteiger partial charge in [-0.25, -0.2) is 0 Å². The van der Waals surface area contributed by atoms with E-state index in [0.717, 1.165) is 24.3 Å². The molecule has 2 saturated heterocycles. The van der Waals surface area contributed by atoms with Gasteiger partial charge >= 0.3 is 0 Å². The van der Waals surface area contributed by atoms with Crippen molar-refractivity contribution in [1.29, 1.82) is 0 Å². The fourth-order valence-corrected chi connectivity index (χ4v) is 4.87. The zero-order chi connectivity index (χ0) is 32.0. The maximum Gasteiger partial charge on any atom is 0.229 e. The highest BCUT2D eigenvalue weighted by Gasteiger charge is 2.48. The summed E-state index contributed by atoms with van der Waals surface area (Å²) in [7, 11) is 0. The molecule has 2 aliphatic heterocycles. The third-order valence-electron chi connectivity index (χ3n) is 7.35. The largest absolute Gasteiger partial charge is 0.507 e. The van der Waals surface area contributed by atoms with Crippen molar-refractivity contribution in [3.05, 3.63) is 40.6 Å². The lowest BCUT2D eigenvalue weighted by Crippen LogP contribution is -2.62.